The second kappa shape index (κ2) is 6.83. The zero-order chi connectivity index (χ0) is 17.3. The van der Waals surface area contributed by atoms with E-state index in [1.165, 1.54) is 7.05 Å². The maximum absolute atomic E-state index is 12.0. The van der Waals surface area contributed by atoms with Gasteiger partial charge in [0.15, 0.2) is 0 Å². The number of carbonyl (C=O) groups is 1. The highest BCUT2D eigenvalue weighted by molar-refractivity contribution is 9.10. The van der Waals surface area contributed by atoms with Gasteiger partial charge in [-0.3, -0.25) is 4.79 Å². The number of methoxy groups -OCH3 is 1. The summed E-state index contributed by atoms with van der Waals surface area (Å²) in [5.74, 6) is 0.192. The van der Waals surface area contributed by atoms with Gasteiger partial charge in [0.05, 0.1) is 25.4 Å². The summed E-state index contributed by atoms with van der Waals surface area (Å²) in [6.07, 6.45) is -0.0326. The van der Waals surface area contributed by atoms with E-state index in [1.807, 2.05) is 30.3 Å². The zero-order valence-corrected chi connectivity index (χ0v) is 15.0. The number of aromatic hydroxyl groups is 1. The maximum atomic E-state index is 12.0. The number of rotatable bonds is 5. The number of nitrogens with one attached hydrogen (secondary N) is 1. The molecule has 1 fully saturated rings. The normalized spacial score (nSPS) is 17.2. The molecule has 0 bridgehead atoms. The van der Waals surface area contributed by atoms with Gasteiger partial charge in [-0.25, -0.2) is 0 Å². The van der Waals surface area contributed by atoms with Crippen molar-refractivity contribution in [2.75, 3.05) is 20.8 Å². The lowest BCUT2D eigenvalue weighted by Gasteiger charge is -2.19. The van der Waals surface area contributed by atoms with E-state index in [1.54, 1.807) is 13.2 Å². The van der Waals surface area contributed by atoms with Crippen LogP contribution >= 0.6 is 15.9 Å². The second-order valence-electron chi connectivity index (χ2n) is 5.60. The van der Waals surface area contributed by atoms with Crippen LogP contribution in [0.5, 0.6) is 11.5 Å². The van der Waals surface area contributed by atoms with Crippen molar-refractivity contribution < 1.29 is 19.4 Å². The number of hydrogen-bond donors (Lipinski definition) is 2. The number of phenolic OH excluding ortho intramolecular Hbond substituents is 1. The molecule has 1 amide bonds. The summed E-state index contributed by atoms with van der Waals surface area (Å²) < 4.78 is 11.5. The zero-order valence-electron chi connectivity index (χ0n) is 13.4. The summed E-state index contributed by atoms with van der Waals surface area (Å²) >= 11 is 3.43. The molecule has 2 atom stereocenters. The van der Waals surface area contributed by atoms with Crippen LogP contribution in [0.1, 0.15) is 27.4 Å². The van der Waals surface area contributed by atoms with Gasteiger partial charge in [-0.15, -0.1) is 0 Å². The van der Waals surface area contributed by atoms with Crippen molar-refractivity contribution in [2.45, 2.75) is 12.0 Å². The summed E-state index contributed by atoms with van der Waals surface area (Å²) in [4.78, 5) is 12.0. The lowest BCUT2D eigenvalue weighted by Crippen LogP contribution is -2.19. The van der Waals surface area contributed by atoms with Crippen molar-refractivity contribution in [3.8, 4) is 11.5 Å². The van der Waals surface area contributed by atoms with E-state index >= 15 is 0 Å². The quantitative estimate of drug-likeness (QED) is 0.768. The number of carbonyl (C=O) groups excluding carboxylic acids is 1. The highest BCUT2D eigenvalue weighted by atomic mass is 79.9. The minimum absolute atomic E-state index is 0.0270. The molecule has 0 aliphatic carbocycles. The van der Waals surface area contributed by atoms with Crippen LogP contribution < -0.4 is 10.1 Å². The molecule has 126 valence electrons. The Bertz CT molecular complexity index is 774. The Morgan fingerprint density at radius 3 is 2.79 bits per heavy atom. The van der Waals surface area contributed by atoms with Crippen molar-refractivity contribution in [3.05, 3.63) is 57.6 Å². The minimum Gasteiger partial charge on any atom is -0.507 e. The van der Waals surface area contributed by atoms with E-state index in [9.17, 15) is 9.90 Å². The molecule has 0 spiro atoms. The highest BCUT2D eigenvalue weighted by Gasteiger charge is 2.37. The highest BCUT2D eigenvalue weighted by Crippen LogP contribution is 2.43. The van der Waals surface area contributed by atoms with Crippen molar-refractivity contribution >= 4 is 21.8 Å². The summed E-state index contributed by atoms with van der Waals surface area (Å²) in [7, 11) is 3.15. The lowest BCUT2D eigenvalue weighted by atomic mass is 9.86. The van der Waals surface area contributed by atoms with E-state index in [4.69, 9.17) is 9.47 Å². The van der Waals surface area contributed by atoms with E-state index < -0.39 is 0 Å². The Morgan fingerprint density at radius 1 is 1.42 bits per heavy atom. The number of benzene rings is 2. The van der Waals surface area contributed by atoms with Crippen LogP contribution in [0.25, 0.3) is 0 Å². The molecular formula is C18H18BrNO4. The molecule has 1 heterocycles. The van der Waals surface area contributed by atoms with Crippen molar-refractivity contribution in [3.63, 3.8) is 0 Å². The smallest absolute Gasteiger partial charge is 0.254 e. The topological polar surface area (TPSA) is 71.1 Å². The van der Waals surface area contributed by atoms with Crippen LogP contribution in [0, 0.1) is 0 Å². The largest absolute Gasteiger partial charge is 0.507 e. The molecule has 6 heteroatoms. The molecule has 24 heavy (non-hydrogen) atoms. The van der Waals surface area contributed by atoms with Gasteiger partial charge >= 0.3 is 0 Å². The monoisotopic (exact) mass is 391 g/mol. The second-order valence-corrected chi connectivity index (χ2v) is 6.51. The molecule has 2 aromatic rings. The molecule has 2 unspecified atom stereocenters. The fourth-order valence-electron chi connectivity index (χ4n) is 2.84. The number of ether oxygens (including phenoxy) is 2. The number of halogens is 1. The number of phenols is 1. The Labute approximate surface area is 148 Å². The van der Waals surface area contributed by atoms with Crippen LogP contribution in [-0.2, 0) is 4.74 Å². The van der Waals surface area contributed by atoms with Crippen LogP contribution in [-0.4, -0.2) is 37.9 Å². The number of hydrogen-bond acceptors (Lipinski definition) is 4. The Balaban J connectivity index is 2.12. The van der Waals surface area contributed by atoms with Gasteiger partial charge in [0.25, 0.3) is 5.91 Å². The van der Waals surface area contributed by atoms with Gasteiger partial charge in [0, 0.05) is 23.0 Å². The van der Waals surface area contributed by atoms with Crippen molar-refractivity contribution in [1.82, 2.24) is 5.32 Å². The molecule has 5 nitrogen and oxygen atoms in total. The van der Waals surface area contributed by atoms with Gasteiger partial charge < -0.3 is 19.9 Å². The average molecular weight is 392 g/mol. The van der Waals surface area contributed by atoms with Gasteiger partial charge in [0.1, 0.15) is 11.5 Å². The third-order valence-corrected chi connectivity index (χ3v) is 4.55. The van der Waals surface area contributed by atoms with Gasteiger partial charge in [-0.1, -0.05) is 28.1 Å². The van der Waals surface area contributed by atoms with Gasteiger partial charge in [0.2, 0.25) is 0 Å². The van der Waals surface area contributed by atoms with Gasteiger partial charge in [-0.2, -0.15) is 0 Å². The van der Waals surface area contributed by atoms with Crippen LogP contribution in [0.3, 0.4) is 0 Å². The third-order valence-electron chi connectivity index (χ3n) is 4.09. The molecule has 0 aromatic heterocycles. The predicted molar refractivity (Wildman–Crippen MR) is 93.8 cm³/mol. The fourth-order valence-corrected chi connectivity index (χ4v) is 3.32. The van der Waals surface area contributed by atoms with Crippen molar-refractivity contribution in [1.29, 1.82) is 0 Å². The SMILES string of the molecule is CNC(=O)c1cc(Br)cc(C(c2cccc(OC)c2)C2CO2)c1O. The Kier molecular flexibility index (Phi) is 4.78. The molecule has 1 aliphatic rings. The molecule has 2 aromatic carbocycles. The molecule has 0 saturated carbocycles. The van der Waals surface area contributed by atoms with Crippen LogP contribution in [0.15, 0.2) is 40.9 Å². The molecule has 2 N–H and O–H groups in total. The number of epoxide rings is 1. The standard InChI is InChI=1S/C18H18BrNO4/c1-20-18(22)14-8-11(19)7-13(17(14)21)16(15-9-24-15)10-4-3-5-12(6-10)23-2/h3-8,15-16,21H,9H2,1-2H3,(H,20,22). The first-order valence-corrected chi connectivity index (χ1v) is 8.34. The van der Waals surface area contributed by atoms with Crippen LogP contribution in [0.4, 0.5) is 0 Å². The van der Waals surface area contributed by atoms with E-state index in [0.717, 1.165) is 15.8 Å². The Hall–Kier alpha value is -2.05. The summed E-state index contributed by atoms with van der Waals surface area (Å²) in [6.45, 7) is 0.614. The number of amides is 1. The van der Waals surface area contributed by atoms with E-state index in [0.29, 0.717) is 12.2 Å². The lowest BCUT2D eigenvalue weighted by molar-refractivity contribution is 0.0960. The predicted octanol–water partition coefficient (Wildman–Crippen LogP) is 3.05. The Morgan fingerprint density at radius 2 is 2.17 bits per heavy atom. The first-order valence-electron chi connectivity index (χ1n) is 7.55. The first-order chi connectivity index (χ1) is 11.5. The molecular weight excluding hydrogens is 374 g/mol. The minimum atomic E-state index is -0.337. The van der Waals surface area contributed by atoms with Crippen molar-refractivity contribution in [2.24, 2.45) is 0 Å². The molecule has 1 saturated heterocycles. The average Bonchev–Trinajstić information content (AvgIpc) is 3.42. The van der Waals surface area contributed by atoms with E-state index in [2.05, 4.69) is 21.2 Å². The summed E-state index contributed by atoms with van der Waals surface area (Å²) in [6, 6.07) is 11.1. The first kappa shape index (κ1) is 16.8. The summed E-state index contributed by atoms with van der Waals surface area (Å²) in [5.41, 5.74) is 1.85. The molecule has 1 aliphatic heterocycles. The van der Waals surface area contributed by atoms with E-state index in [-0.39, 0.29) is 29.2 Å². The third kappa shape index (κ3) is 3.25. The fraction of sp³-hybridized carbons (Fsp3) is 0.278. The van der Waals surface area contributed by atoms with Crippen LogP contribution in [0.2, 0.25) is 0 Å². The maximum Gasteiger partial charge on any atom is 0.254 e. The van der Waals surface area contributed by atoms with Gasteiger partial charge in [-0.05, 0) is 29.8 Å². The molecule has 0 radical (unpaired) electrons. The molecule has 3 rings (SSSR count). The summed E-state index contributed by atoms with van der Waals surface area (Å²) in [5, 5.41) is 13.2.